The fraction of sp³-hybridized carbons (Fsp3) is 0.778. The number of carbonyl (C=O) groups excluding carboxylic acids is 6. The van der Waals surface area contributed by atoms with Crippen molar-refractivity contribution in [2.24, 2.45) is 16.5 Å². The number of aliphatic imine (C=N–C) groups is 1. The van der Waals surface area contributed by atoms with Gasteiger partial charge in [-0.05, 0) is 38.5 Å². The Labute approximate surface area is 259 Å². The number of alkyl halides is 2. The quantitative estimate of drug-likeness (QED) is 0.0223. The van der Waals surface area contributed by atoms with Crippen LogP contribution in [0.3, 0.4) is 0 Å². The number of primary amides is 2. The van der Waals surface area contributed by atoms with Crippen molar-refractivity contribution in [2.75, 3.05) is 26.4 Å². The Morgan fingerprint density at radius 2 is 1.39 bits per heavy atom. The van der Waals surface area contributed by atoms with E-state index in [1.54, 1.807) is 0 Å². The van der Waals surface area contributed by atoms with Crippen molar-refractivity contribution in [3.63, 3.8) is 0 Å². The fourth-order valence-electron chi connectivity index (χ4n) is 4.80. The zero-order valence-corrected chi connectivity index (χ0v) is 26.9. The van der Waals surface area contributed by atoms with Gasteiger partial charge in [-0.1, -0.05) is 70.4 Å². The molecule has 0 aromatic carbocycles. The van der Waals surface area contributed by atoms with E-state index < -0.39 is 17.7 Å². The molecule has 4 N–H and O–H groups in total. The van der Waals surface area contributed by atoms with Gasteiger partial charge < -0.3 is 11.5 Å². The number of amides is 2. The van der Waals surface area contributed by atoms with Crippen molar-refractivity contribution in [2.45, 2.75) is 106 Å². The Morgan fingerprint density at radius 1 is 0.829 bits per heavy atom. The smallest absolute Gasteiger partial charge is 0.264 e. The van der Waals surface area contributed by atoms with Gasteiger partial charge in [-0.15, -0.1) is 0 Å². The van der Waals surface area contributed by atoms with Gasteiger partial charge in [-0.2, -0.15) is 0 Å². The Kier molecular flexibility index (Phi) is 19.8. The molecule has 2 amide bonds. The van der Waals surface area contributed by atoms with E-state index in [4.69, 9.17) is 11.5 Å². The molecule has 0 aliphatic carbocycles. The summed E-state index contributed by atoms with van der Waals surface area (Å²) in [6.07, 6.45) is 10.8. The van der Waals surface area contributed by atoms with E-state index >= 15 is 0 Å². The maximum atomic E-state index is 13.2. The lowest BCUT2D eigenvalue weighted by atomic mass is 10.1. The predicted molar refractivity (Wildman–Crippen MR) is 161 cm³/mol. The van der Waals surface area contributed by atoms with Crippen molar-refractivity contribution >= 4 is 67.6 Å². The molecule has 3 unspecified atom stereocenters. The molecule has 232 valence electrons. The predicted octanol–water partition coefficient (Wildman–Crippen LogP) is 2.69. The molecule has 1 rings (SSSR count). The Hall–Kier alpha value is -1.83. The molecule has 1 aliphatic heterocycles. The lowest BCUT2D eigenvalue weighted by Crippen LogP contribution is -2.67. The van der Waals surface area contributed by atoms with Crippen LogP contribution < -0.4 is 11.5 Å². The van der Waals surface area contributed by atoms with E-state index in [0.717, 1.165) is 64.2 Å². The second kappa shape index (κ2) is 21.8. The highest BCUT2D eigenvalue weighted by atomic mass is 79.9. The van der Waals surface area contributed by atoms with Gasteiger partial charge in [0.2, 0.25) is 23.7 Å². The molecule has 1 heterocycles. The van der Waals surface area contributed by atoms with Crippen LogP contribution in [0.1, 0.15) is 89.9 Å². The molecule has 0 saturated carbocycles. The number of Topliss-reactive ketones (excluding diaryl/α,β-unsaturated/α-hetero) is 2. The molecule has 1 fully saturated rings. The van der Waals surface area contributed by atoms with Crippen LogP contribution in [-0.4, -0.2) is 92.9 Å². The molecule has 0 spiro atoms. The molecule has 1 aliphatic rings. The summed E-state index contributed by atoms with van der Waals surface area (Å²) in [5, 5.41) is 0. The van der Waals surface area contributed by atoms with Crippen LogP contribution in [0.2, 0.25) is 0 Å². The van der Waals surface area contributed by atoms with E-state index in [9.17, 15) is 28.8 Å². The Bertz CT molecular complexity index is 904. The van der Waals surface area contributed by atoms with Crippen molar-refractivity contribution in [1.29, 1.82) is 0 Å². The number of hydrogen-bond acceptors (Lipinski definition) is 10. The van der Waals surface area contributed by atoms with Crippen LogP contribution in [0.5, 0.6) is 0 Å². The number of isocyanates is 1. The number of aldehydes is 1. The first-order chi connectivity index (χ1) is 19.6. The standard InChI is InChI=1S/C27H44Br2N6O6/c28-22(11-5-3-7-13-24(30)39)34-19-33(16-10-2-1-9-15-32-18-37)27(26(41)21(38)17-36)35(20-34)23(29)12-6-4-8-14-25(31)40/h17,22-23,27H,1-16,19-20H2,(H2,30,39)(H2,31,40). The number of nitrogens with zero attached hydrogens (tertiary/aromatic N) is 4. The SMILES string of the molecule is NC(=O)CCCCCC(Br)N1CN(CCCCCCN=C=O)C(C(=O)C(=O)C=O)N(C(Br)CCCCCC(N)=O)C1. The summed E-state index contributed by atoms with van der Waals surface area (Å²) in [6.45, 7) is 1.77. The zero-order chi connectivity index (χ0) is 30.6. The third kappa shape index (κ3) is 15.3. The third-order valence-electron chi connectivity index (χ3n) is 6.97. The summed E-state index contributed by atoms with van der Waals surface area (Å²) < 4.78 is 0. The Balaban J connectivity index is 3.02. The summed E-state index contributed by atoms with van der Waals surface area (Å²) in [6, 6.07) is 0. The summed E-state index contributed by atoms with van der Waals surface area (Å²) >= 11 is 7.54. The molecule has 0 aromatic heterocycles. The highest BCUT2D eigenvalue weighted by Crippen LogP contribution is 2.29. The minimum atomic E-state index is -1.06. The van der Waals surface area contributed by atoms with E-state index in [1.165, 1.54) is 6.08 Å². The number of rotatable bonds is 24. The number of nitrogens with two attached hydrogens (primary N) is 2. The zero-order valence-electron chi connectivity index (χ0n) is 23.7. The first kappa shape index (κ1) is 37.2. The van der Waals surface area contributed by atoms with Crippen LogP contribution in [0, 0.1) is 0 Å². The molecule has 0 radical (unpaired) electrons. The minimum Gasteiger partial charge on any atom is -0.370 e. The van der Waals surface area contributed by atoms with Gasteiger partial charge in [0, 0.05) is 19.4 Å². The number of ketones is 2. The van der Waals surface area contributed by atoms with Gasteiger partial charge in [-0.25, -0.2) is 9.79 Å². The summed E-state index contributed by atoms with van der Waals surface area (Å²) in [5.74, 6) is -2.46. The van der Waals surface area contributed by atoms with Crippen LogP contribution in [0.15, 0.2) is 4.99 Å². The molecular formula is C27H44Br2N6O6. The average molecular weight is 708 g/mol. The molecular weight excluding hydrogens is 664 g/mol. The highest BCUT2D eigenvalue weighted by molar-refractivity contribution is 9.09. The normalized spacial score (nSPS) is 17.9. The van der Waals surface area contributed by atoms with Crippen LogP contribution in [-0.2, 0) is 28.8 Å². The molecule has 1 saturated heterocycles. The fourth-order valence-corrected chi connectivity index (χ4v) is 6.06. The van der Waals surface area contributed by atoms with Gasteiger partial charge in [-0.3, -0.25) is 38.7 Å². The minimum absolute atomic E-state index is 0.0182. The number of halogens is 2. The maximum absolute atomic E-state index is 13.2. The molecule has 14 heteroatoms. The maximum Gasteiger partial charge on any atom is 0.264 e. The van der Waals surface area contributed by atoms with Crippen LogP contribution in [0.25, 0.3) is 0 Å². The van der Waals surface area contributed by atoms with Gasteiger partial charge in [0.25, 0.3) is 5.78 Å². The van der Waals surface area contributed by atoms with Gasteiger partial charge >= 0.3 is 0 Å². The summed E-state index contributed by atoms with van der Waals surface area (Å²) in [5.41, 5.74) is 10.5. The van der Waals surface area contributed by atoms with E-state index in [2.05, 4.69) is 41.8 Å². The van der Waals surface area contributed by atoms with Gasteiger partial charge in [0.15, 0.2) is 6.29 Å². The molecule has 41 heavy (non-hydrogen) atoms. The largest absolute Gasteiger partial charge is 0.370 e. The summed E-state index contributed by atoms with van der Waals surface area (Å²) in [7, 11) is 0. The topological polar surface area (TPSA) is 177 Å². The first-order valence-corrected chi connectivity index (χ1v) is 16.1. The number of hydrogen-bond donors (Lipinski definition) is 2. The number of carbonyl (C=O) groups is 5. The Morgan fingerprint density at radius 3 is 1.95 bits per heavy atom. The van der Waals surface area contributed by atoms with Gasteiger partial charge in [0.05, 0.1) is 29.8 Å². The van der Waals surface area contributed by atoms with Crippen molar-refractivity contribution < 1.29 is 28.8 Å². The van der Waals surface area contributed by atoms with Crippen molar-refractivity contribution in [3.05, 3.63) is 0 Å². The lowest BCUT2D eigenvalue weighted by molar-refractivity contribution is -0.155. The second-order valence-electron chi connectivity index (χ2n) is 10.3. The average Bonchev–Trinajstić information content (AvgIpc) is 2.94. The lowest BCUT2D eigenvalue weighted by Gasteiger charge is -2.50. The molecule has 0 bridgehead atoms. The second-order valence-corrected chi connectivity index (χ2v) is 12.4. The van der Waals surface area contributed by atoms with E-state index in [1.807, 2.05) is 9.80 Å². The van der Waals surface area contributed by atoms with Crippen LogP contribution in [0.4, 0.5) is 0 Å². The van der Waals surface area contributed by atoms with Crippen molar-refractivity contribution in [1.82, 2.24) is 14.7 Å². The van der Waals surface area contributed by atoms with Gasteiger partial charge in [0.1, 0.15) is 6.17 Å². The van der Waals surface area contributed by atoms with Crippen LogP contribution >= 0.6 is 31.9 Å². The molecule has 0 aromatic rings. The number of unbranched alkanes of at least 4 members (excludes halogenated alkanes) is 7. The monoisotopic (exact) mass is 706 g/mol. The van der Waals surface area contributed by atoms with Crippen molar-refractivity contribution in [3.8, 4) is 0 Å². The first-order valence-electron chi connectivity index (χ1n) is 14.3. The van der Waals surface area contributed by atoms with E-state index in [-0.39, 0.29) is 28.0 Å². The molecule has 3 atom stereocenters. The third-order valence-corrected chi connectivity index (χ3v) is 8.99. The molecule has 12 nitrogen and oxygen atoms in total. The van der Waals surface area contributed by atoms with E-state index in [0.29, 0.717) is 52.1 Å². The summed E-state index contributed by atoms with van der Waals surface area (Å²) in [4.78, 5) is 78.5. The highest BCUT2D eigenvalue weighted by Gasteiger charge is 2.43.